The third kappa shape index (κ3) is 4.28. The zero-order valence-electron chi connectivity index (χ0n) is 12.6. The van der Waals surface area contributed by atoms with Crippen molar-refractivity contribution >= 4 is 28.7 Å². The summed E-state index contributed by atoms with van der Waals surface area (Å²) in [4.78, 5) is 18.2. The van der Waals surface area contributed by atoms with Crippen LogP contribution in [0.1, 0.15) is 32.4 Å². The molecule has 0 unspecified atom stereocenters. The van der Waals surface area contributed by atoms with E-state index < -0.39 is 23.9 Å². The molecule has 2 rings (SSSR count). The van der Waals surface area contributed by atoms with Crippen molar-refractivity contribution in [3.05, 3.63) is 29.0 Å². The maximum absolute atomic E-state index is 13.4. The SMILES string of the molecule is CC(C)(C)OC(=O)N[C@H](c1c[nH]c2nc(Cl)ccc12)C(F)(F)F. The number of amides is 1. The molecule has 0 bridgehead atoms. The number of ether oxygens (including phenoxy) is 1. The Morgan fingerprint density at radius 1 is 1.35 bits per heavy atom. The number of H-pyrrole nitrogens is 1. The van der Waals surface area contributed by atoms with Gasteiger partial charge in [-0.15, -0.1) is 0 Å². The van der Waals surface area contributed by atoms with Gasteiger partial charge in [0.1, 0.15) is 16.4 Å². The fourth-order valence-corrected chi connectivity index (χ4v) is 2.15. The normalized spacial score (nSPS) is 13.9. The van der Waals surface area contributed by atoms with Crippen LogP contribution in [0.25, 0.3) is 11.0 Å². The minimum Gasteiger partial charge on any atom is -0.444 e. The van der Waals surface area contributed by atoms with Crippen molar-refractivity contribution < 1.29 is 22.7 Å². The fraction of sp³-hybridized carbons (Fsp3) is 0.429. The lowest BCUT2D eigenvalue weighted by molar-refractivity contribution is -0.156. The van der Waals surface area contributed by atoms with Gasteiger partial charge in [0.05, 0.1) is 0 Å². The molecule has 2 heterocycles. The molecule has 2 N–H and O–H groups in total. The molecule has 1 atom stereocenters. The lowest BCUT2D eigenvalue weighted by atomic mass is 10.1. The van der Waals surface area contributed by atoms with Gasteiger partial charge in [0.25, 0.3) is 0 Å². The van der Waals surface area contributed by atoms with E-state index >= 15 is 0 Å². The number of hydrogen-bond donors (Lipinski definition) is 2. The molecule has 0 aliphatic rings. The fourth-order valence-electron chi connectivity index (χ4n) is 2.00. The number of alkyl carbamates (subject to hydrolysis) is 1. The number of alkyl halides is 3. The lowest BCUT2D eigenvalue weighted by Crippen LogP contribution is -2.41. The number of rotatable bonds is 2. The number of pyridine rings is 1. The average Bonchev–Trinajstić information content (AvgIpc) is 2.75. The first-order valence-corrected chi connectivity index (χ1v) is 7.05. The van der Waals surface area contributed by atoms with E-state index in [1.54, 1.807) is 20.8 Å². The summed E-state index contributed by atoms with van der Waals surface area (Å²) >= 11 is 5.71. The highest BCUT2D eigenvalue weighted by Crippen LogP contribution is 2.36. The van der Waals surface area contributed by atoms with Crippen molar-refractivity contribution in [1.29, 1.82) is 0 Å². The van der Waals surface area contributed by atoms with Crippen LogP contribution in [0.2, 0.25) is 5.15 Å². The summed E-state index contributed by atoms with van der Waals surface area (Å²) in [5.41, 5.74) is -0.870. The summed E-state index contributed by atoms with van der Waals surface area (Å²) in [6.07, 6.45) is -4.72. The predicted octanol–water partition coefficient (Wildman–Crippen LogP) is 4.34. The van der Waals surface area contributed by atoms with Crippen LogP contribution in [0.3, 0.4) is 0 Å². The van der Waals surface area contributed by atoms with Crippen molar-refractivity contribution in [1.82, 2.24) is 15.3 Å². The van der Waals surface area contributed by atoms with Gasteiger partial charge in [-0.05, 0) is 32.9 Å². The van der Waals surface area contributed by atoms with E-state index in [0.717, 1.165) is 6.20 Å². The zero-order chi connectivity index (χ0) is 17.4. The van der Waals surface area contributed by atoms with Crippen molar-refractivity contribution in [3.63, 3.8) is 0 Å². The molecular formula is C14H15ClF3N3O2. The van der Waals surface area contributed by atoms with Crippen LogP contribution >= 0.6 is 11.6 Å². The molecule has 0 fully saturated rings. The Labute approximate surface area is 135 Å². The minimum absolute atomic E-state index is 0.148. The smallest absolute Gasteiger partial charge is 0.413 e. The van der Waals surface area contributed by atoms with Crippen LogP contribution in [0.4, 0.5) is 18.0 Å². The van der Waals surface area contributed by atoms with Gasteiger partial charge in [-0.2, -0.15) is 13.2 Å². The van der Waals surface area contributed by atoms with Gasteiger partial charge in [-0.1, -0.05) is 11.6 Å². The molecule has 0 aromatic carbocycles. The largest absolute Gasteiger partial charge is 0.444 e. The number of aromatic amines is 1. The Morgan fingerprint density at radius 2 is 2.00 bits per heavy atom. The summed E-state index contributed by atoms with van der Waals surface area (Å²) in [6, 6.07) is 0.558. The van der Waals surface area contributed by atoms with Crippen LogP contribution in [-0.2, 0) is 4.74 Å². The molecule has 2 aromatic rings. The van der Waals surface area contributed by atoms with Gasteiger partial charge in [-0.25, -0.2) is 9.78 Å². The molecule has 9 heteroatoms. The first kappa shape index (κ1) is 17.4. The van der Waals surface area contributed by atoms with Crippen molar-refractivity contribution in [2.24, 2.45) is 0 Å². The second-order valence-corrected chi connectivity index (χ2v) is 6.28. The molecule has 126 valence electrons. The lowest BCUT2D eigenvalue weighted by Gasteiger charge is -2.25. The van der Waals surface area contributed by atoms with Crippen LogP contribution in [-0.4, -0.2) is 27.8 Å². The van der Waals surface area contributed by atoms with E-state index in [1.807, 2.05) is 5.32 Å². The quantitative estimate of drug-likeness (QED) is 0.792. The van der Waals surface area contributed by atoms with Gasteiger partial charge in [-0.3, -0.25) is 0 Å². The maximum atomic E-state index is 13.4. The zero-order valence-corrected chi connectivity index (χ0v) is 13.3. The van der Waals surface area contributed by atoms with Gasteiger partial charge in [0, 0.05) is 17.1 Å². The molecule has 0 aliphatic heterocycles. The number of nitrogens with zero attached hydrogens (tertiary/aromatic N) is 1. The van der Waals surface area contributed by atoms with Crippen LogP contribution in [0.15, 0.2) is 18.3 Å². The van der Waals surface area contributed by atoms with Crippen LogP contribution < -0.4 is 5.32 Å². The average molecular weight is 350 g/mol. The highest BCUT2D eigenvalue weighted by atomic mass is 35.5. The van der Waals surface area contributed by atoms with Crippen LogP contribution in [0, 0.1) is 0 Å². The second-order valence-electron chi connectivity index (χ2n) is 5.90. The number of nitrogens with one attached hydrogen (secondary N) is 2. The van der Waals surface area contributed by atoms with Crippen LogP contribution in [0.5, 0.6) is 0 Å². The summed E-state index contributed by atoms with van der Waals surface area (Å²) in [5.74, 6) is 0. The van der Waals surface area contributed by atoms with E-state index in [0.29, 0.717) is 0 Å². The number of halogens is 4. The Morgan fingerprint density at radius 3 is 2.57 bits per heavy atom. The number of hydrogen-bond acceptors (Lipinski definition) is 3. The third-order valence-corrected chi connectivity index (χ3v) is 3.05. The van der Waals surface area contributed by atoms with Crippen molar-refractivity contribution in [3.8, 4) is 0 Å². The first-order valence-electron chi connectivity index (χ1n) is 6.67. The highest BCUT2D eigenvalue weighted by Gasteiger charge is 2.44. The summed E-state index contributed by atoms with van der Waals surface area (Å²) < 4.78 is 45.0. The van der Waals surface area contributed by atoms with E-state index in [-0.39, 0.29) is 21.7 Å². The molecule has 0 aliphatic carbocycles. The van der Waals surface area contributed by atoms with Gasteiger partial charge in [0.2, 0.25) is 0 Å². The van der Waals surface area contributed by atoms with Crippen molar-refractivity contribution in [2.45, 2.75) is 38.6 Å². The molecule has 0 spiro atoms. The molecular weight excluding hydrogens is 335 g/mol. The number of carbonyl (C=O) groups excluding carboxylic acids is 1. The molecule has 2 aromatic heterocycles. The Balaban J connectivity index is 2.37. The van der Waals surface area contributed by atoms with E-state index in [9.17, 15) is 18.0 Å². The standard InChI is InChI=1S/C14H15ClF3N3O2/c1-13(2,3)23-12(22)21-10(14(16,17)18)8-6-19-11-7(8)4-5-9(15)20-11/h4-6,10H,1-3H3,(H,19,20)(H,21,22)/t10-/m1/s1. The first-order chi connectivity index (χ1) is 10.5. The Bertz CT molecular complexity index is 722. The molecule has 1 amide bonds. The van der Waals surface area contributed by atoms with Gasteiger partial charge in [0.15, 0.2) is 6.04 Å². The summed E-state index contributed by atoms with van der Waals surface area (Å²) in [5, 5.41) is 2.22. The topological polar surface area (TPSA) is 67.0 Å². The second kappa shape index (κ2) is 5.92. The Hall–Kier alpha value is -1.96. The molecule has 0 saturated heterocycles. The van der Waals surface area contributed by atoms with Crippen molar-refractivity contribution in [2.75, 3.05) is 0 Å². The number of aromatic nitrogens is 2. The monoisotopic (exact) mass is 349 g/mol. The molecule has 5 nitrogen and oxygen atoms in total. The van der Waals surface area contributed by atoms with Gasteiger partial charge >= 0.3 is 12.3 Å². The molecule has 0 radical (unpaired) electrons. The summed E-state index contributed by atoms with van der Waals surface area (Å²) in [6.45, 7) is 4.69. The number of fused-ring (bicyclic) bond motifs is 1. The summed E-state index contributed by atoms with van der Waals surface area (Å²) in [7, 11) is 0. The molecule has 23 heavy (non-hydrogen) atoms. The van der Waals surface area contributed by atoms with E-state index in [4.69, 9.17) is 16.3 Å². The van der Waals surface area contributed by atoms with E-state index in [2.05, 4.69) is 9.97 Å². The highest BCUT2D eigenvalue weighted by molar-refractivity contribution is 6.29. The minimum atomic E-state index is -4.70. The van der Waals surface area contributed by atoms with Gasteiger partial charge < -0.3 is 15.0 Å². The molecule has 0 saturated carbocycles. The Kier molecular flexibility index (Phi) is 4.48. The number of carbonyl (C=O) groups is 1. The maximum Gasteiger partial charge on any atom is 0.413 e. The van der Waals surface area contributed by atoms with E-state index in [1.165, 1.54) is 12.1 Å². The third-order valence-electron chi connectivity index (χ3n) is 2.84. The predicted molar refractivity (Wildman–Crippen MR) is 79.3 cm³/mol.